The number of hydrogen-bond donors (Lipinski definition) is 2. The Labute approximate surface area is 123 Å². The summed E-state index contributed by atoms with van der Waals surface area (Å²) in [6.07, 6.45) is -0.254. The van der Waals surface area contributed by atoms with Crippen LogP contribution in [-0.2, 0) is 26.2 Å². The molecule has 1 amide bonds. The van der Waals surface area contributed by atoms with Gasteiger partial charge in [0.2, 0.25) is 15.9 Å². The zero-order chi connectivity index (χ0) is 16.0. The maximum absolute atomic E-state index is 12.2. The zero-order valence-electron chi connectivity index (χ0n) is 11.9. The Kier molecular flexibility index (Phi) is 5.86. The first-order chi connectivity index (χ1) is 9.73. The number of nitrogens with zero attached hydrogens (tertiary/aromatic N) is 1. The number of carbonyl (C=O) groups is 2. The van der Waals surface area contributed by atoms with Gasteiger partial charge in [-0.15, -0.1) is 0 Å². The molecule has 0 unspecified atom stereocenters. The van der Waals surface area contributed by atoms with Gasteiger partial charge in [0.25, 0.3) is 0 Å². The van der Waals surface area contributed by atoms with E-state index in [-0.39, 0.29) is 23.8 Å². The number of carboxylic acid groups (broad SMARTS) is 1. The molecular weight excluding hydrogens is 296 g/mol. The van der Waals surface area contributed by atoms with Gasteiger partial charge in [-0.05, 0) is 17.7 Å². The lowest BCUT2D eigenvalue weighted by Gasteiger charge is -2.16. The lowest BCUT2D eigenvalue weighted by Crippen LogP contribution is -2.29. The first kappa shape index (κ1) is 17.1. The van der Waals surface area contributed by atoms with Crippen LogP contribution in [0.2, 0.25) is 0 Å². The summed E-state index contributed by atoms with van der Waals surface area (Å²) in [6.45, 7) is 1.63. The molecule has 1 aromatic rings. The SMILES string of the molecule is CC(=O)NCc1ccc(S(=O)(=O)N(C)CCC(=O)O)cc1. The van der Waals surface area contributed by atoms with Gasteiger partial charge in [-0.1, -0.05) is 12.1 Å². The van der Waals surface area contributed by atoms with Crippen molar-refractivity contribution in [3.8, 4) is 0 Å². The summed E-state index contributed by atoms with van der Waals surface area (Å²) in [5, 5.41) is 11.2. The van der Waals surface area contributed by atoms with E-state index in [1.165, 1.54) is 26.1 Å². The van der Waals surface area contributed by atoms with Crippen LogP contribution >= 0.6 is 0 Å². The third kappa shape index (κ3) is 5.16. The number of aliphatic carboxylic acids is 1. The molecule has 0 aliphatic carbocycles. The van der Waals surface area contributed by atoms with Crippen LogP contribution in [0, 0.1) is 0 Å². The quantitative estimate of drug-likeness (QED) is 0.759. The standard InChI is InChI=1S/C13H18N2O5S/c1-10(16)14-9-11-3-5-12(6-4-11)21(19,20)15(2)8-7-13(17)18/h3-6H,7-9H2,1-2H3,(H,14,16)(H,17,18). The zero-order valence-corrected chi connectivity index (χ0v) is 12.7. The van der Waals surface area contributed by atoms with E-state index in [1.807, 2.05) is 0 Å². The van der Waals surface area contributed by atoms with E-state index < -0.39 is 16.0 Å². The van der Waals surface area contributed by atoms with Crippen LogP contribution in [0.5, 0.6) is 0 Å². The molecular formula is C13H18N2O5S. The molecule has 1 aromatic carbocycles. The second kappa shape index (κ2) is 7.19. The van der Waals surface area contributed by atoms with Gasteiger partial charge in [0.05, 0.1) is 11.3 Å². The number of carbonyl (C=O) groups excluding carboxylic acids is 1. The van der Waals surface area contributed by atoms with Gasteiger partial charge < -0.3 is 10.4 Å². The van der Waals surface area contributed by atoms with Gasteiger partial charge >= 0.3 is 5.97 Å². The number of hydrogen-bond acceptors (Lipinski definition) is 4. The number of nitrogens with one attached hydrogen (secondary N) is 1. The van der Waals surface area contributed by atoms with Crippen molar-refractivity contribution in [2.24, 2.45) is 0 Å². The molecule has 0 fully saturated rings. The fourth-order valence-corrected chi connectivity index (χ4v) is 2.73. The molecule has 0 saturated heterocycles. The number of amides is 1. The third-order valence-electron chi connectivity index (χ3n) is 2.81. The highest BCUT2D eigenvalue weighted by Gasteiger charge is 2.20. The van der Waals surface area contributed by atoms with Crippen molar-refractivity contribution in [3.05, 3.63) is 29.8 Å². The lowest BCUT2D eigenvalue weighted by atomic mass is 10.2. The summed E-state index contributed by atoms with van der Waals surface area (Å²) in [6, 6.07) is 6.08. The Bertz CT molecular complexity index is 610. The van der Waals surface area contributed by atoms with Crippen LogP contribution in [-0.4, -0.2) is 43.3 Å². The minimum absolute atomic E-state index is 0.0852. The van der Waals surface area contributed by atoms with Gasteiger partial charge in [-0.25, -0.2) is 12.7 Å². The smallest absolute Gasteiger partial charge is 0.304 e. The van der Waals surface area contributed by atoms with Gasteiger partial charge in [0.1, 0.15) is 0 Å². The van der Waals surface area contributed by atoms with E-state index in [0.29, 0.717) is 6.54 Å². The Balaban J connectivity index is 2.79. The Morgan fingerprint density at radius 1 is 1.24 bits per heavy atom. The fraction of sp³-hybridized carbons (Fsp3) is 0.385. The van der Waals surface area contributed by atoms with Gasteiger partial charge in [-0.3, -0.25) is 9.59 Å². The maximum Gasteiger partial charge on any atom is 0.304 e. The molecule has 0 aliphatic rings. The second-order valence-electron chi connectivity index (χ2n) is 4.52. The van der Waals surface area contributed by atoms with Crippen molar-refractivity contribution in [2.45, 2.75) is 24.8 Å². The Hall–Kier alpha value is -1.93. The van der Waals surface area contributed by atoms with Crippen LogP contribution in [0.4, 0.5) is 0 Å². The molecule has 0 radical (unpaired) electrons. The fourth-order valence-electron chi connectivity index (χ4n) is 1.56. The van der Waals surface area contributed by atoms with E-state index in [0.717, 1.165) is 9.87 Å². The molecule has 1 rings (SSSR count). The Morgan fingerprint density at radius 3 is 2.29 bits per heavy atom. The summed E-state index contributed by atoms with van der Waals surface area (Å²) in [5.41, 5.74) is 0.775. The van der Waals surface area contributed by atoms with E-state index in [2.05, 4.69) is 5.32 Å². The average Bonchev–Trinajstić information content (AvgIpc) is 2.42. The highest BCUT2D eigenvalue weighted by atomic mass is 32.2. The second-order valence-corrected chi connectivity index (χ2v) is 6.57. The van der Waals surface area contributed by atoms with E-state index in [4.69, 9.17) is 5.11 Å². The molecule has 0 atom stereocenters. The van der Waals surface area contributed by atoms with Gasteiger partial charge in [0, 0.05) is 27.1 Å². The minimum Gasteiger partial charge on any atom is -0.481 e. The molecule has 0 saturated carbocycles. The van der Waals surface area contributed by atoms with Gasteiger partial charge in [0.15, 0.2) is 0 Å². The topological polar surface area (TPSA) is 104 Å². The van der Waals surface area contributed by atoms with Crippen LogP contribution in [0.1, 0.15) is 18.9 Å². The molecule has 0 aromatic heterocycles. The number of carboxylic acids is 1. The largest absolute Gasteiger partial charge is 0.481 e. The molecule has 21 heavy (non-hydrogen) atoms. The van der Waals surface area contributed by atoms with Crippen LogP contribution in [0.25, 0.3) is 0 Å². The Morgan fingerprint density at radius 2 is 1.81 bits per heavy atom. The summed E-state index contributed by atoms with van der Waals surface area (Å²) in [4.78, 5) is 21.4. The summed E-state index contributed by atoms with van der Waals surface area (Å²) < 4.78 is 25.4. The van der Waals surface area contributed by atoms with Crippen LogP contribution in [0.3, 0.4) is 0 Å². The molecule has 7 nitrogen and oxygen atoms in total. The number of rotatable bonds is 7. The van der Waals surface area contributed by atoms with Crippen molar-refractivity contribution in [1.29, 1.82) is 0 Å². The lowest BCUT2D eigenvalue weighted by molar-refractivity contribution is -0.137. The number of sulfonamides is 1. The van der Waals surface area contributed by atoms with Crippen molar-refractivity contribution >= 4 is 21.9 Å². The monoisotopic (exact) mass is 314 g/mol. The molecule has 0 bridgehead atoms. The molecule has 0 aliphatic heterocycles. The van der Waals surface area contributed by atoms with Gasteiger partial charge in [-0.2, -0.15) is 0 Å². The van der Waals surface area contributed by atoms with Crippen molar-refractivity contribution in [3.63, 3.8) is 0 Å². The van der Waals surface area contributed by atoms with Crippen molar-refractivity contribution in [2.75, 3.05) is 13.6 Å². The number of benzene rings is 1. The van der Waals surface area contributed by atoms with E-state index in [9.17, 15) is 18.0 Å². The normalized spacial score (nSPS) is 11.4. The predicted octanol–water partition coefficient (Wildman–Crippen LogP) is 0.418. The van der Waals surface area contributed by atoms with Crippen LogP contribution < -0.4 is 5.32 Å². The third-order valence-corrected chi connectivity index (χ3v) is 4.68. The summed E-state index contributed by atoms with van der Waals surface area (Å²) in [7, 11) is -2.36. The van der Waals surface area contributed by atoms with Crippen molar-refractivity contribution in [1.82, 2.24) is 9.62 Å². The molecule has 0 spiro atoms. The predicted molar refractivity (Wildman–Crippen MR) is 76.0 cm³/mol. The summed E-state index contributed by atoms with van der Waals surface area (Å²) >= 11 is 0. The van der Waals surface area contributed by atoms with Crippen molar-refractivity contribution < 1.29 is 23.1 Å². The highest BCUT2D eigenvalue weighted by Crippen LogP contribution is 2.15. The highest BCUT2D eigenvalue weighted by molar-refractivity contribution is 7.89. The van der Waals surface area contributed by atoms with Crippen LogP contribution in [0.15, 0.2) is 29.2 Å². The molecule has 8 heteroatoms. The minimum atomic E-state index is -3.70. The molecule has 2 N–H and O–H groups in total. The van der Waals surface area contributed by atoms with E-state index >= 15 is 0 Å². The molecule has 0 heterocycles. The average molecular weight is 314 g/mol. The maximum atomic E-state index is 12.2. The first-order valence-electron chi connectivity index (χ1n) is 6.25. The summed E-state index contributed by atoms with van der Waals surface area (Å²) in [5.74, 6) is -1.22. The first-order valence-corrected chi connectivity index (χ1v) is 7.69. The van der Waals surface area contributed by atoms with E-state index in [1.54, 1.807) is 12.1 Å². The molecule has 116 valence electrons.